The SMILES string of the molecule is O=S(=O)(N=C1C=CC(=NS(=O)(=O)c2ccccc2)C(Cl)=C1)c1ccccc1. The Morgan fingerprint density at radius 1 is 0.667 bits per heavy atom. The van der Waals surface area contributed by atoms with Gasteiger partial charge in [-0.05, 0) is 42.5 Å². The zero-order valence-corrected chi connectivity index (χ0v) is 16.1. The molecule has 2 aromatic carbocycles. The molecule has 0 fully saturated rings. The highest BCUT2D eigenvalue weighted by atomic mass is 35.5. The summed E-state index contributed by atoms with van der Waals surface area (Å²) in [5.74, 6) is 0. The molecule has 0 amide bonds. The Bertz CT molecular complexity index is 1180. The molecule has 138 valence electrons. The van der Waals surface area contributed by atoms with E-state index in [1.165, 1.54) is 42.5 Å². The Labute approximate surface area is 162 Å². The highest BCUT2D eigenvalue weighted by molar-refractivity contribution is 7.90. The number of halogens is 1. The predicted octanol–water partition coefficient (Wildman–Crippen LogP) is 3.34. The van der Waals surface area contributed by atoms with E-state index in [2.05, 4.69) is 8.80 Å². The van der Waals surface area contributed by atoms with E-state index in [-0.39, 0.29) is 26.2 Å². The number of hydrogen-bond donors (Lipinski definition) is 0. The predicted molar refractivity (Wildman–Crippen MR) is 105 cm³/mol. The van der Waals surface area contributed by atoms with E-state index in [0.29, 0.717) is 0 Å². The van der Waals surface area contributed by atoms with Crippen LogP contribution in [0, 0.1) is 0 Å². The third-order valence-electron chi connectivity index (χ3n) is 3.46. The lowest BCUT2D eigenvalue weighted by atomic mass is 10.1. The Hall–Kier alpha value is -2.55. The monoisotopic (exact) mass is 420 g/mol. The van der Waals surface area contributed by atoms with Crippen molar-refractivity contribution in [3.8, 4) is 0 Å². The molecule has 0 unspecified atom stereocenters. The molecule has 0 bridgehead atoms. The molecule has 0 atom stereocenters. The second-order valence-corrected chi connectivity index (χ2v) is 9.01. The third-order valence-corrected chi connectivity index (χ3v) is 6.38. The Morgan fingerprint density at radius 2 is 1.15 bits per heavy atom. The first-order valence-corrected chi connectivity index (χ1v) is 10.9. The van der Waals surface area contributed by atoms with E-state index < -0.39 is 20.0 Å². The number of rotatable bonds is 4. The van der Waals surface area contributed by atoms with Gasteiger partial charge in [-0.2, -0.15) is 25.6 Å². The number of nitrogens with zero attached hydrogens (tertiary/aromatic N) is 2. The fraction of sp³-hybridized carbons (Fsp3) is 0. The normalized spacial score (nSPS) is 17.9. The molecule has 9 heteroatoms. The number of allylic oxidation sites excluding steroid dienone is 4. The molecule has 0 saturated heterocycles. The molecular weight excluding hydrogens is 408 g/mol. The first kappa shape index (κ1) is 19.2. The topological polar surface area (TPSA) is 93.0 Å². The van der Waals surface area contributed by atoms with Gasteiger partial charge in [-0.15, -0.1) is 0 Å². The summed E-state index contributed by atoms with van der Waals surface area (Å²) in [6, 6.07) is 15.4. The summed E-state index contributed by atoms with van der Waals surface area (Å²) in [7, 11) is -7.84. The lowest BCUT2D eigenvalue weighted by molar-refractivity contribution is 0.596. The summed E-state index contributed by atoms with van der Waals surface area (Å²) in [6.07, 6.45) is 3.90. The zero-order valence-electron chi connectivity index (χ0n) is 13.7. The van der Waals surface area contributed by atoms with Gasteiger partial charge in [0.2, 0.25) is 0 Å². The van der Waals surface area contributed by atoms with Gasteiger partial charge in [-0.1, -0.05) is 48.0 Å². The second kappa shape index (κ2) is 7.59. The first-order valence-electron chi connectivity index (χ1n) is 7.64. The van der Waals surface area contributed by atoms with Crippen LogP contribution in [0.3, 0.4) is 0 Å². The minimum Gasteiger partial charge on any atom is -0.199 e. The average Bonchev–Trinajstić information content (AvgIpc) is 2.65. The van der Waals surface area contributed by atoms with Crippen LogP contribution in [-0.2, 0) is 20.0 Å². The van der Waals surface area contributed by atoms with Crippen LogP contribution >= 0.6 is 11.6 Å². The summed E-state index contributed by atoms with van der Waals surface area (Å²) in [5, 5.41) is -0.0287. The van der Waals surface area contributed by atoms with Crippen LogP contribution in [0.1, 0.15) is 0 Å². The molecule has 0 N–H and O–H groups in total. The molecule has 1 aliphatic carbocycles. The summed E-state index contributed by atoms with van der Waals surface area (Å²) < 4.78 is 56.6. The van der Waals surface area contributed by atoms with Crippen LogP contribution in [0.4, 0.5) is 0 Å². The van der Waals surface area contributed by atoms with Gasteiger partial charge in [0.05, 0.1) is 26.2 Å². The van der Waals surface area contributed by atoms with E-state index >= 15 is 0 Å². The standard InChI is InChI=1S/C18H13ClN2O4S2/c19-17-13-14(20-26(22,23)15-7-3-1-4-8-15)11-12-18(17)21-27(24,25)16-9-5-2-6-10-16/h1-13H. The molecule has 0 saturated carbocycles. The molecule has 2 aromatic rings. The van der Waals surface area contributed by atoms with Gasteiger partial charge in [0.15, 0.2) is 0 Å². The van der Waals surface area contributed by atoms with Crippen molar-refractivity contribution in [3.05, 3.63) is 83.9 Å². The lowest BCUT2D eigenvalue weighted by Crippen LogP contribution is -2.10. The second-order valence-electron chi connectivity index (χ2n) is 5.39. The van der Waals surface area contributed by atoms with Gasteiger partial charge in [-0.25, -0.2) is 0 Å². The minimum atomic E-state index is -3.94. The first-order chi connectivity index (χ1) is 12.8. The number of sulfonamides is 2. The van der Waals surface area contributed by atoms with Gasteiger partial charge < -0.3 is 0 Å². The van der Waals surface area contributed by atoms with Crippen molar-refractivity contribution in [1.82, 2.24) is 0 Å². The Kier molecular flexibility index (Phi) is 5.41. The van der Waals surface area contributed by atoms with Gasteiger partial charge >= 0.3 is 0 Å². The van der Waals surface area contributed by atoms with Crippen molar-refractivity contribution in [2.24, 2.45) is 8.80 Å². The van der Waals surface area contributed by atoms with Crippen molar-refractivity contribution in [3.63, 3.8) is 0 Å². The van der Waals surface area contributed by atoms with Crippen LogP contribution in [0.15, 0.2) is 103 Å². The van der Waals surface area contributed by atoms with Gasteiger partial charge in [0.25, 0.3) is 20.0 Å². The summed E-state index contributed by atoms with van der Waals surface area (Å²) >= 11 is 6.08. The van der Waals surface area contributed by atoms with E-state index in [9.17, 15) is 16.8 Å². The number of hydrogen-bond acceptors (Lipinski definition) is 4. The fourth-order valence-corrected chi connectivity index (χ4v) is 4.47. The molecule has 0 spiro atoms. The van der Waals surface area contributed by atoms with Gasteiger partial charge in [-0.3, -0.25) is 0 Å². The van der Waals surface area contributed by atoms with Crippen LogP contribution in [0.5, 0.6) is 0 Å². The molecule has 0 aliphatic heterocycles. The Morgan fingerprint density at radius 3 is 1.63 bits per heavy atom. The largest absolute Gasteiger partial charge is 0.282 e. The maximum absolute atomic E-state index is 12.3. The summed E-state index contributed by atoms with van der Waals surface area (Å²) in [6.45, 7) is 0. The molecule has 1 aliphatic rings. The molecule has 0 radical (unpaired) electrons. The molecule has 0 heterocycles. The van der Waals surface area contributed by atoms with Crippen LogP contribution in [0.25, 0.3) is 0 Å². The van der Waals surface area contributed by atoms with Crippen molar-refractivity contribution >= 4 is 43.1 Å². The summed E-state index contributed by atoms with van der Waals surface area (Å²) in [4.78, 5) is 0.0722. The highest BCUT2D eigenvalue weighted by Crippen LogP contribution is 2.19. The lowest BCUT2D eigenvalue weighted by Gasteiger charge is -2.07. The van der Waals surface area contributed by atoms with E-state index in [0.717, 1.165) is 0 Å². The van der Waals surface area contributed by atoms with Crippen molar-refractivity contribution in [2.45, 2.75) is 9.79 Å². The Balaban J connectivity index is 1.92. The number of benzene rings is 2. The van der Waals surface area contributed by atoms with Crippen LogP contribution < -0.4 is 0 Å². The van der Waals surface area contributed by atoms with Crippen molar-refractivity contribution in [2.75, 3.05) is 0 Å². The quantitative estimate of drug-likeness (QED) is 0.709. The van der Waals surface area contributed by atoms with Crippen molar-refractivity contribution < 1.29 is 16.8 Å². The highest BCUT2D eigenvalue weighted by Gasteiger charge is 2.18. The van der Waals surface area contributed by atoms with E-state index in [1.54, 1.807) is 36.4 Å². The zero-order chi connectivity index (χ0) is 19.5. The van der Waals surface area contributed by atoms with Crippen LogP contribution in [-0.4, -0.2) is 28.3 Å². The van der Waals surface area contributed by atoms with E-state index in [4.69, 9.17) is 11.6 Å². The maximum atomic E-state index is 12.3. The fourth-order valence-electron chi connectivity index (χ4n) is 2.19. The molecular formula is C18H13ClN2O4S2. The van der Waals surface area contributed by atoms with E-state index in [1.807, 2.05) is 0 Å². The van der Waals surface area contributed by atoms with Crippen molar-refractivity contribution in [1.29, 1.82) is 0 Å². The maximum Gasteiger partial charge on any atom is 0.282 e. The molecule has 6 nitrogen and oxygen atoms in total. The average molecular weight is 421 g/mol. The van der Waals surface area contributed by atoms with Gasteiger partial charge in [0, 0.05) is 0 Å². The molecule has 0 aromatic heterocycles. The molecule has 3 rings (SSSR count). The van der Waals surface area contributed by atoms with Crippen LogP contribution in [0.2, 0.25) is 0 Å². The smallest absolute Gasteiger partial charge is 0.199 e. The third kappa shape index (κ3) is 4.60. The minimum absolute atomic E-state index is 0.00317. The van der Waals surface area contributed by atoms with Gasteiger partial charge in [0.1, 0.15) is 0 Å². The summed E-state index contributed by atoms with van der Waals surface area (Å²) in [5.41, 5.74) is 0.0662. The molecule has 27 heavy (non-hydrogen) atoms.